The predicted octanol–water partition coefficient (Wildman–Crippen LogP) is 1.82. The third-order valence-corrected chi connectivity index (χ3v) is 4.07. The molecule has 0 radical (unpaired) electrons. The van der Waals surface area contributed by atoms with E-state index >= 15 is 0 Å². The zero-order chi connectivity index (χ0) is 17.8. The molecule has 0 spiro atoms. The number of hydrogen-bond acceptors (Lipinski definition) is 7. The van der Waals surface area contributed by atoms with Crippen molar-refractivity contribution in [2.75, 3.05) is 19.7 Å². The van der Waals surface area contributed by atoms with Crippen LogP contribution in [-0.2, 0) is 16.0 Å². The quantitative estimate of drug-likeness (QED) is 0.816. The highest BCUT2D eigenvalue weighted by Crippen LogP contribution is 2.20. The molecule has 8 heteroatoms. The highest BCUT2D eigenvalue weighted by molar-refractivity contribution is 5.76. The Balaban J connectivity index is 1.56. The topological polar surface area (TPSA) is 94.2 Å². The Bertz CT molecular complexity index is 731. The van der Waals surface area contributed by atoms with Gasteiger partial charge < -0.3 is 14.2 Å². The number of nitrogens with zero attached hydrogens (tertiary/aromatic N) is 5. The fourth-order valence-electron chi connectivity index (χ4n) is 2.63. The molecular formula is C17H23N5O3. The van der Waals surface area contributed by atoms with Gasteiger partial charge in [0.2, 0.25) is 11.8 Å². The van der Waals surface area contributed by atoms with E-state index in [1.807, 2.05) is 26.8 Å². The highest BCUT2D eigenvalue weighted by atomic mass is 16.5. The molecule has 0 bridgehead atoms. The van der Waals surface area contributed by atoms with E-state index < -0.39 is 0 Å². The van der Waals surface area contributed by atoms with Gasteiger partial charge in [-0.15, -0.1) is 0 Å². The second-order valence-electron chi connectivity index (χ2n) is 6.46. The van der Waals surface area contributed by atoms with Gasteiger partial charge in [0, 0.05) is 37.2 Å². The number of rotatable bonds is 5. The monoisotopic (exact) mass is 345 g/mol. The van der Waals surface area contributed by atoms with Crippen LogP contribution in [0.1, 0.15) is 55.5 Å². The summed E-state index contributed by atoms with van der Waals surface area (Å²) in [4.78, 5) is 27.3. The van der Waals surface area contributed by atoms with E-state index in [0.717, 1.165) is 5.69 Å². The summed E-state index contributed by atoms with van der Waals surface area (Å²) in [6, 6.07) is 1.84. The lowest BCUT2D eigenvalue weighted by Crippen LogP contribution is -2.42. The number of hydrogen-bond donors (Lipinski definition) is 0. The van der Waals surface area contributed by atoms with Gasteiger partial charge >= 0.3 is 0 Å². The van der Waals surface area contributed by atoms with Crippen LogP contribution in [0.5, 0.6) is 0 Å². The van der Waals surface area contributed by atoms with Crippen molar-refractivity contribution >= 4 is 5.91 Å². The molecule has 0 aromatic carbocycles. The molecule has 3 rings (SSSR count). The van der Waals surface area contributed by atoms with Crippen LogP contribution < -0.4 is 0 Å². The van der Waals surface area contributed by atoms with Gasteiger partial charge in [-0.05, 0) is 13.0 Å². The average Bonchev–Trinajstić information content (AvgIpc) is 3.09. The first-order valence-corrected chi connectivity index (χ1v) is 8.54. The van der Waals surface area contributed by atoms with E-state index in [1.165, 1.54) is 0 Å². The molecule has 0 saturated carbocycles. The van der Waals surface area contributed by atoms with Crippen molar-refractivity contribution in [3.8, 4) is 0 Å². The van der Waals surface area contributed by atoms with Crippen molar-refractivity contribution in [1.29, 1.82) is 0 Å². The van der Waals surface area contributed by atoms with E-state index in [1.54, 1.807) is 11.1 Å². The van der Waals surface area contributed by atoms with Crippen LogP contribution in [0.15, 0.2) is 16.8 Å². The van der Waals surface area contributed by atoms with Gasteiger partial charge in [0.1, 0.15) is 6.10 Å². The van der Waals surface area contributed by atoms with Gasteiger partial charge in [-0.3, -0.25) is 4.79 Å². The Hall–Kier alpha value is -2.35. The highest BCUT2D eigenvalue weighted by Gasteiger charge is 2.27. The van der Waals surface area contributed by atoms with Crippen molar-refractivity contribution in [2.24, 2.45) is 0 Å². The van der Waals surface area contributed by atoms with Crippen molar-refractivity contribution < 1.29 is 14.1 Å². The summed E-state index contributed by atoms with van der Waals surface area (Å²) < 4.78 is 10.9. The third-order valence-electron chi connectivity index (χ3n) is 4.07. The zero-order valence-electron chi connectivity index (χ0n) is 14.8. The summed E-state index contributed by atoms with van der Waals surface area (Å²) in [5.41, 5.74) is 0.884. The molecular weight excluding hydrogens is 322 g/mol. The zero-order valence-corrected chi connectivity index (χ0v) is 14.8. The summed E-state index contributed by atoms with van der Waals surface area (Å²) in [5.74, 6) is 2.05. The fourth-order valence-corrected chi connectivity index (χ4v) is 2.63. The molecule has 1 amide bonds. The maximum absolute atomic E-state index is 12.5. The summed E-state index contributed by atoms with van der Waals surface area (Å²) in [6.45, 7) is 7.42. The Morgan fingerprint density at radius 1 is 1.40 bits per heavy atom. The minimum absolute atomic E-state index is 0.0465. The lowest BCUT2D eigenvalue weighted by Gasteiger charge is -2.32. The molecule has 25 heavy (non-hydrogen) atoms. The molecule has 3 heterocycles. The molecule has 1 aliphatic heterocycles. The first-order valence-electron chi connectivity index (χ1n) is 8.54. The standard InChI is InChI=1S/C17H23N5O3/c1-11(2)16-20-14(25-21-16)4-5-15(23)22-8-9-24-13(10-22)17-18-7-6-12(3)19-17/h6-7,11,13H,4-5,8-10H2,1-3H3/t13-/m0/s1. The van der Waals surface area contributed by atoms with Gasteiger partial charge in [-0.25, -0.2) is 9.97 Å². The first-order chi connectivity index (χ1) is 12.0. The van der Waals surface area contributed by atoms with Crippen LogP contribution in [0.4, 0.5) is 0 Å². The van der Waals surface area contributed by atoms with Crippen molar-refractivity contribution in [3.63, 3.8) is 0 Å². The lowest BCUT2D eigenvalue weighted by atomic mass is 10.2. The van der Waals surface area contributed by atoms with Crippen molar-refractivity contribution in [3.05, 3.63) is 35.5 Å². The number of morpholine rings is 1. The van der Waals surface area contributed by atoms with Gasteiger partial charge in [0.25, 0.3) is 0 Å². The first kappa shape index (κ1) is 17.5. The molecule has 134 valence electrons. The van der Waals surface area contributed by atoms with Crippen LogP contribution in [0, 0.1) is 6.92 Å². The summed E-state index contributed by atoms with van der Waals surface area (Å²) in [7, 11) is 0. The number of aromatic nitrogens is 4. The van der Waals surface area contributed by atoms with Crippen LogP contribution >= 0.6 is 0 Å². The Kier molecular flexibility index (Phi) is 5.37. The maximum Gasteiger partial charge on any atom is 0.227 e. The smallest absolute Gasteiger partial charge is 0.227 e. The van der Waals surface area contributed by atoms with Crippen molar-refractivity contribution in [1.82, 2.24) is 25.0 Å². The van der Waals surface area contributed by atoms with Crippen LogP contribution in [-0.4, -0.2) is 50.6 Å². The SMILES string of the molecule is Cc1ccnc([C@@H]2CN(C(=O)CCc3nc(C(C)C)no3)CCO2)n1. The maximum atomic E-state index is 12.5. The lowest BCUT2D eigenvalue weighted by molar-refractivity contribution is -0.139. The van der Waals surface area contributed by atoms with Crippen molar-refractivity contribution in [2.45, 2.75) is 45.6 Å². The Labute approximate surface area is 146 Å². The number of carbonyl (C=O) groups excluding carboxylic acids is 1. The summed E-state index contributed by atoms with van der Waals surface area (Å²) in [5, 5.41) is 3.92. The molecule has 1 aliphatic rings. The van der Waals surface area contributed by atoms with Gasteiger partial charge in [-0.2, -0.15) is 4.98 Å². The van der Waals surface area contributed by atoms with E-state index in [2.05, 4.69) is 20.1 Å². The number of amides is 1. The summed E-state index contributed by atoms with van der Waals surface area (Å²) >= 11 is 0. The molecule has 2 aromatic heterocycles. The fraction of sp³-hybridized carbons (Fsp3) is 0.588. The van der Waals surface area contributed by atoms with Gasteiger partial charge in [0.15, 0.2) is 11.6 Å². The summed E-state index contributed by atoms with van der Waals surface area (Å²) in [6.07, 6.45) is 2.21. The minimum Gasteiger partial charge on any atom is -0.367 e. The molecule has 0 aliphatic carbocycles. The average molecular weight is 345 g/mol. The van der Waals surface area contributed by atoms with E-state index in [-0.39, 0.29) is 17.9 Å². The van der Waals surface area contributed by atoms with Crippen LogP contribution in [0.25, 0.3) is 0 Å². The second-order valence-corrected chi connectivity index (χ2v) is 6.46. The molecule has 8 nitrogen and oxygen atoms in total. The largest absolute Gasteiger partial charge is 0.367 e. The third kappa shape index (κ3) is 4.39. The van der Waals surface area contributed by atoms with Crippen LogP contribution in [0.2, 0.25) is 0 Å². The van der Waals surface area contributed by atoms with E-state index in [9.17, 15) is 4.79 Å². The Morgan fingerprint density at radius 3 is 2.96 bits per heavy atom. The predicted molar refractivity (Wildman–Crippen MR) is 88.8 cm³/mol. The molecule has 0 N–H and O–H groups in total. The van der Waals surface area contributed by atoms with Gasteiger partial charge in [-0.1, -0.05) is 19.0 Å². The van der Waals surface area contributed by atoms with Crippen LogP contribution in [0.3, 0.4) is 0 Å². The molecule has 1 atom stereocenters. The number of carbonyl (C=O) groups is 1. The number of ether oxygens (including phenoxy) is 1. The van der Waals surface area contributed by atoms with E-state index in [0.29, 0.717) is 50.1 Å². The molecule has 2 aromatic rings. The number of aryl methyl sites for hydroxylation is 2. The normalized spacial score (nSPS) is 17.9. The van der Waals surface area contributed by atoms with E-state index in [4.69, 9.17) is 9.26 Å². The van der Waals surface area contributed by atoms with Gasteiger partial charge in [0.05, 0.1) is 13.2 Å². The Morgan fingerprint density at radius 2 is 2.24 bits per heavy atom. The molecule has 1 fully saturated rings. The molecule has 0 unspecified atom stereocenters. The molecule has 1 saturated heterocycles. The minimum atomic E-state index is -0.284. The second kappa shape index (κ2) is 7.69.